The van der Waals surface area contributed by atoms with Crippen LogP contribution in [0.4, 0.5) is 0 Å². The Morgan fingerprint density at radius 1 is 1.25 bits per heavy atom. The summed E-state index contributed by atoms with van der Waals surface area (Å²) in [5, 5.41) is 0. The average molecular weight is 132 g/mol. The third-order valence-electron chi connectivity index (χ3n) is 0.167. The average Bonchev–Trinajstić information content (AvgIpc) is 1.65. The molecular formula is C4H8O3Si. The van der Waals surface area contributed by atoms with Gasteiger partial charge in [-0.25, -0.2) is 0 Å². The molecule has 0 atom stereocenters. The summed E-state index contributed by atoms with van der Waals surface area (Å²) >= 11 is 0. The van der Waals surface area contributed by atoms with Crippen molar-refractivity contribution in [3.63, 3.8) is 0 Å². The molecular weight excluding hydrogens is 124 g/mol. The van der Waals surface area contributed by atoms with Crippen LogP contribution in [0, 0.1) is 0 Å². The summed E-state index contributed by atoms with van der Waals surface area (Å²) in [6.45, 7) is 6.72. The van der Waals surface area contributed by atoms with Gasteiger partial charge < -0.3 is 9.59 Å². The van der Waals surface area contributed by atoms with Crippen LogP contribution >= 0.6 is 0 Å². The molecule has 0 aromatic rings. The van der Waals surface area contributed by atoms with Crippen LogP contribution in [0.15, 0.2) is 25.3 Å². The first-order chi connectivity index (χ1) is 3.65. The topological polar surface area (TPSA) is 57.5 Å². The van der Waals surface area contributed by atoms with Crippen LogP contribution in [0.1, 0.15) is 0 Å². The lowest BCUT2D eigenvalue weighted by Crippen LogP contribution is -1.90. The van der Waals surface area contributed by atoms with Crippen molar-refractivity contribution in [3.05, 3.63) is 25.3 Å². The Morgan fingerprint density at radius 2 is 1.38 bits per heavy atom. The van der Waals surface area contributed by atoms with Gasteiger partial charge in [0.1, 0.15) is 0 Å². The van der Waals surface area contributed by atoms with E-state index in [1.807, 2.05) is 0 Å². The van der Waals surface area contributed by atoms with E-state index in [-0.39, 0.29) is 0 Å². The summed E-state index contributed by atoms with van der Waals surface area (Å²) in [5.74, 6) is 0. The van der Waals surface area contributed by atoms with Gasteiger partial charge in [-0.15, -0.1) is 0 Å². The van der Waals surface area contributed by atoms with Gasteiger partial charge in [-0.05, 0) is 0 Å². The van der Waals surface area contributed by atoms with E-state index in [0.717, 1.165) is 0 Å². The second-order valence-corrected chi connectivity index (χ2v) is 1.32. The van der Waals surface area contributed by atoms with Gasteiger partial charge in [0.25, 0.3) is 0 Å². The van der Waals surface area contributed by atoms with Crippen LogP contribution in [0.3, 0.4) is 0 Å². The summed E-state index contributed by atoms with van der Waals surface area (Å²) in [6, 6.07) is 0. The maximum absolute atomic E-state index is 8.74. The minimum absolute atomic E-state index is 1.64. The van der Waals surface area contributed by atoms with Gasteiger partial charge in [0.2, 0.25) is 0 Å². The highest BCUT2D eigenvalue weighted by Crippen LogP contribution is 1.52. The molecule has 0 heterocycles. The zero-order valence-corrected chi connectivity index (χ0v) is 5.37. The first-order valence-electron chi connectivity index (χ1n) is 1.80. The fourth-order valence-corrected chi connectivity index (χ4v) is 0. The van der Waals surface area contributed by atoms with Crippen LogP contribution in [-0.2, 0) is 4.46 Å². The Hall–Kier alpha value is -0.903. The molecule has 0 unspecified atom stereocenters. The summed E-state index contributed by atoms with van der Waals surface area (Å²) in [4.78, 5) is 14.3. The van der Waals surface area contributed by atoms with Gasteiger partial charge in [-0.1, -0.05) is 25.3 Å². The van der Waals surface area contributed by atoms with Crippen LogP contribution in [0.25, 0.3) is 0 Å². The van der Waals surface area contributed by atoms with Crippen molar-refractivity contribution in [1.29, 1.82) is 0 Å². The van der Waals surface area contributed by atoms with E-state index in [1.165, 1.54) is 0 Å². The van der Waals surface area contributed by atoms with Gasteiger partial charge in [-0.2, -0.15) is 0 Å². The third-order valence-corrected chi connectivity index (χ3v) is 0.167. The lowest BCUT2D eigenvalue weighted by molar-refractivity contribution is 0.330. The second kappa shape index (κ2) is 9.44. The van der Waals surface area contributed by atoms with Gasteiger partial charge in [0, 0.05) is 0 Å². The Morgan fingerprint density at radius 3 is 1.38 bits per heavy atom. The Labute approximate surface area is 49.5 Å². The molecule has 0 aliphatic carbocycles. The summed E-state index contributed by atoms with van der Waals surface area (Å²) in [5.41, 5.74) is 0. The summed E-state index contributed by atoms with van der Waals surface area (Å²) in [6.07, 6.45) is 3.28. The molecule has 2 N–H and O–H groups in total. The predicted octanol–water partition coefficient (Wildman–Crippen LogP) is -0.255. The van der Waals surface area contributed by atoms with Crippen molar-refractivity contribution in [1.82, 2.24) is 0 Å². The van der Waals surface area contributed by atoms with Gasteiger partial charge in [0.05, 0.1) is 0 Å². The normalized spacial score (nSPS) is 5.50. The number of hydrogen-bond acceptors (Lipinski definition) is 1. The zero-order valence-electron chi connectivity index (χ0n) is 4.37. The van der Waals surface area contributed by atoms with E-state index in [1.54, 1.807) is 12.2 Å². The molecule has 0 spiro atoms. The van der Waals surface area contributed by atoms with E-state index in [2.05, 4.69) is 13.2 Å². The maximum Gasteiger partial charge on any atom is 0.761 e. The molecule has 46 valence electrons. The van der Waals surface area contributed by atoms with E-state index in [0.29, 0.717) is 0 Å². The number of allylic oxidation sites excluding steroid dienone is 2. The van der Waals surface area contributed by atoms with E-state index >= 15 is 0 Å². The van der Waals surface area contributed by atoms with Crippen molar-refractivity contribution in [2.45, 2.75) is 0 Å². The molecule has 0 aliphatic heterocycles. The van der Waals surface area contributed by atoms with E-state index in [4.69, 9.17) is 14.1 Å². The van der Waals surface area contributed by atoms with Crippen molar-refractivity contribution in [2.75, 3.05) is 0 Å². The highest BCUT2D eigenvalue weighted by molar-refractivity contribution is 6.22. The number of rotatable bonds is 1. The largest absolute Gasteiger partial charge is 0.761 e. The zero-order chi connectivity index (χ0) is 6.99. The monoisotopic (exact) mass is 132 g/mol. The van der Waals surface area contributed by atoms with Crippen LogP contribution < -0.4 is 0 Å². The molecule has 0 fully saturated rings. The van der Waals surface area contributed by atoms with Crippen LogP contribution in [0.2, 0.25) is 0 Å². The predicted molar refractivity (Wildman–Crippen MR) is 31.3 cm³/mol. The third kappa shape index (κ3) is 9110. The molecule has 4 heteroatoms. The minimum atomic E-state index is -3.13. The van der Waals surface area contributed by atoms with Crippen LogP contribution in [0.5, 0.6) is 0 Å². The summed E-state index contributed by atoms with van der Waals surface area (Å²) < 4.78 is 8.74. The molecule has 0 rings (SSSR count). The molecule has 0 saturated heterocycles. The number of hydrogen-bond donors (Lipinski definition) is 2. The van der Waals surface area contributed by atoms with E-state index < -0.39 is 9.17 Å². The fraction of sp³-hybridized carbons (Fsp3) is 0. The first kappa shape index (κ1) is 10.2. The Bertz CT molecular complexity index is 79.3. The fourth-order valence-electron chi connectivity index (χ4n) is 0. The molecule has 8 heavy (non-hydrogen) atoms. The molecule has 3 nitrogen and oxygen atoms in total. The molecule has 0 bridgehead atoms. The smallest absolute Gasteiger partial charge is 0.511 e. The molecule has 0 aromatic carbocycles. The SMILES string of the molecule is C=CC=C.O=[Si](O)O. The van der Waals surface area contributed by atoms with Crippen molar-refractivity contribution >= 4 is 9.17 Å². The molecule has 0 aromatic heterocycles. The molecule has 0 saturated carbocycles. The van der Waals surface area contributed by atoms with Gasteiger partial charge >= 0.3 is 9.17 Å². The maximum atomic E-state index is 8.74. The highest BCUT2D eigenvalue weighted by atomic mass is 28.3. The Kier molecular flexibility index (Phi) is 12.0. The van der Waals surface area contributed by atoms with Crippen LogP contribution in [-0.4, -0.2) is 18.8 Å². The van der Waals surface area contributed by atoms with Gasteiger partial charge in [-0.3, -0.25) is 4.46 Å². The van der Waals surface area contributed by atoms with Crippen molar-refractivity contribution in [3.8, 4) is 0 Å². The van der Waals surface area contributed by atoms with Crippen molar-refractivity contribution < 1.29 is 14.1 Å². The lowest BCUT2D eigenvalue weighted by Gasteiger charge is -1.55. The van der Waals surface area contributed by atoms with Gasteiger partial charge in [0.15, 0.2) is 0 Å². The van der Waals surface area contributed by atoms with Crippen molar-refractivity contribution in [2.24, 2.45) is 0 Å². The first-order valence-corrected chi connectivity index (χ1v) is 3.10. The highest BCUT2D eigenvalue weighted by Gasteiger charge is 1.85. The summed E-state index contributed by atoms with van der Waals surface area (Å²) in [7, 11) is -3.13. The molecule has 0 amide bonds. The molecule has 0 aliphatic rings. The lowest BCUT2D eigenvalue weighted by atomic mass is 10.6. The standard InChI is InChI=1S/C4H6.H2O3Si/c1-3-4-2;1-4(2)3/h3-4H,1-2H2;1-2H. The quantitative estimate of drug-likeness (QED) is 0.382. The molecule has 0 radical (unpaired) electrons. The van der Waals surface area contributed by atoms with E-state index in [9.17, 15) is 0 Å². The second-order valence-electron chi connectivity index (χ2n) is 0.754. The Balaban J connectivity index is 0. The minimum Gasteiger partial charge on any atom is -0.511 e.